The molecular weight excluding hydrogens is 266 g/mol. The first-order valence-electron chi connectivity index (χ1n) is 7.31. The van der Waals surface area contributed by atoms with Gasteiger partial charge in [-0.15, -0.1) is 11.3 Å². The predicted molar refractivity (Wildman–Crippen MR) is 86.4 cm³/mol. The zero-order valence-corrected chi connectivity index (χ0v) is 12.7. The van der Waals surface area contributed by atoms with E-state index >= 15 is 0 Å². The summed E-state index contributed by atoms with van der Waals surface area (Å²) in [6, 6.07) is 9.25. The fourth-order valence-electron chi connectivity index (χ4n) is 2.63. The second-order valence-corrected chi connectivity index (χ2v) is 6.41. The van der Waals surface area contributed by atoms with Crippen LogP contribution in [0.1, 0.15) is 24.3 Å². The SMILES string of the molecule is Cc1nc(-c2ccc(NC3CCCNCC3)cc2)cs1. The lowest BCUT2D eigenvalue weighted by Gasteiger charge is -2.17. The van der Waals surface area contributed by atoms with Crippen molar-refractivity contribution in [3.8, 4) is 11.3 Å². The lowest BCUT2D eigenvalue weighted by atomic mass is 10.1. The first kappa shape index (κ1) is 13.6. The molecular formula is C16H21N3S. The van der Waals surface area contributed by atoms with Crippen molar-refractivity contribution in [1.29, 1.82) is 0 Å². The molecule has 1 unspecified atom stereocenters. The fourth-order valence-corrected chi connectivity index (χ4v) is 3.25. The van der Waals surface area contributed by atoms with E-state index < -0.39 is 0 Å². The number of hydrogen-bond acceptors (Lipinski definition) is 4. The molecule has 3 rings (SSSR count). The van der Waals surface area contributed by atoms with Gasteiger partial charge in [-0.2, -0.15) is 0 Å². The van der Waals surface area contributed by atoms with Gasteiger partial charge in [-0.05, 0) is 51.4 Å². The van der Waals surface area contributed by atoms with Crippen molar-refractivity contribution in [2.75, 3.05) is 18.4 Å². The maximum absolute atomic E-state index is 4.53. The molecule has 0 aliphatic carbocycles. The normalized spacial score (nSPS) is 19.6. The van der Waals surface area contributed by atoms with Gasteiger partial charge < -0.3 is 10.6 Å². The Balaban J connectivity index is 1.66. The predicted octanol–water partition coefficient (Wildman–Crippen LogP) is 3.67. The van der Waals surface area contributed by atoms with Crippen LogP contribution in [0, 0.1) is 6.92 Å². The lowest BCUT2D eigenvalue weighted by molar-refractivity contribution is 0.637. The van der Waals surface area contributed by atoms with Crippen molar-refractivity contribution in [2.24, 2.45) is 0 Å². The minimum absolute atomic E-state index is 0.595. The molecule has 1 aliphatic rings. The highest BCUT2D eigenvalue weighted by atomic mass is 32.1. The molecule has 1 aromatic heterocycles. The topological polar surface area (TPSA) is 37.0 Å². The summed E-state index contributed by atoms with van der Waals surface area (Å²) >= 11 is 1.70. The van der Waals surface area contributed by atoms with Gasteiger partial charge in [-0.25, -0.2) is 4.98 Å². The Bertz CT molecular complexity index is 539. The molecule has 1 atom stereocenters. The summed E-state index contributed by atoms with van der Waals surface area (Å²) in [5.41, 5.74) is 3.49. The molecule has 0 radical (unpaired) electrons. The fraction of sp³-hybridized carbons (Fsp3) is 0.438. The largest absolute Gasteiger partial charge is 0.382 e. The summed E-state index contributed by atoms with van der Waals surface area (Å²) in [5.74, 6) is 0. The average Bonchev–Trinajstić information content (AvgIpc) is 2.73. The van der Waals surface area contributed by atoms with E-state index in [-0.39, 0.29) is 0 Å². The molecule has 2 N–H and O–H groups in total. The van der Waals surface area contributed by atoms with Crippen LogP contribution >= 0.6 is 11.3 Å². The molecule has 2 aromatic rings. The second-order valence-electron chi connectivity index (χ2n) is 5.35. The second kappa shape index (κ2) is 6.37. The number of nitrogens with one attached hydrogen (secondary N) is 2. The van der Waals surface area contributed by atoms with Crippen molar-refractivity contribution in [2.45, 2.75) is 32.2 Å². The first-order valence-corrected chi connectivity index (χ1v) is 8.19. The number of aryl methyl sites for hydroxylation is 1. The zero-order valence-electron chi connectivity index (χ0n) is 11.9. The van der Waals surface area contributed by atoms with E-state index in [0.29, 0.717) is 6.04 Å². The monoisotopic (exact) mass is 287 g/mol. The maximum Gasteiger partial charge on any atom is 0.0901 e. The van der Waals surface area contributed by atoms with E-state index in [9.17, 15) is 0 Å². The highest BCUT2D eigenvalue weighted by Gasteiger charge is 2.11. The van der Waals surface area contributed by atoms with E-state index in [4.69, 9.17) is 0 Å². The zero-order chi connectivity index (χ0) is 13.8. The van der Waals surface area contributed by atoms with Crippen molar-refractivity contribution >= 4 is 17.0 Å². The maximum atomic E-state index is 4.53. The van der Waals surface area contributed by atoms with Gasteiger partial charge in [0, 0.05) is 22.7 Å². The third-order valence-electron chi connectivity index (χ3n) is 3.75. The molecule has 2 heterocycles. The van der Waals surface area contributed by atoms with Gasteiger partial charge in [0.15, 0.2) is 0 Å². The van der Waals surface area contributed by atoms with Gasteiger partial charge in [0.1, 0.15) is 0 Å². The molecule has 0 spiro atoms. The summed E-state index contributed by atoms with van der Waals surface area (Å²) in [5, 5.41) is 10.3. The van der Waals surface area contributed by atoms with Crippen LogP contribution in [0.3, 0.4) is 0 Å². The number of benzene rings is 1. The van der Waals surface area contributed by atoms with Crippen molar-refractivity contribution in [1.82, 2.24) is 10.3 Å². The molecule has 3 nitrogen and oxygen atoms in total. The molecule has 1 fully saturated rings. The molecule has 0 amide bonds. The van der Waals surface area contributed by atoms with Crippen LogP contribution in [0.2, 0.25) is 0 Å². The Morgan fingerprint density at radius 3 is 2.80 bits per heavy atom. The minimum atomic E-state index is 0.595. The highest BCUT2D eigenvalue weighted by Crippen LogP contribution is 2.24. The molecule has 0 saturated carbocycles. The average molecular weight is 287 g/mol. The van der Waals surface area contributed by atoms with E-state index in [2.05, 4.69) is 45.3 Å². The number of aromatic nitrogens is 1. The molecule has 4 heteroatoms. The molecule has 1 aliphatic heterocycles. The van der Waals surface area contributed by atoms with Crippen LogP contribution in [-0.2, 0) is 0 Å². The summed E-state index contributed by atoms with van der Waals surface area (Å²) in [7, 11) is 0. The molecule has 1 saturated heterocycles. The minimum Gasteiger partial charge on any atom is -0.382 e. The van der Waals surface area contributed by atoms with Crippen molar-refractivity contribution in [3.05, 3.63) is 34.7 Å². The molecule has 20 heavy (non-hydrogen) atoms. The van der Waals surface area contributed by atoms with Crippen LogP contribution in [0.25, 0.3) is 11.3 Å². The number of hydrogen-bond donors (Lipinski definition) is 2. The Kier molecular flexibility index (Phi) is 4.33. The Labute approximate surface area is 124 Å². The van der Waals surface area contributed by atoms with E-state index in [1.807, 2.05) is 6.92 Å². The molecule has 1 aromatic carbocycles. The third-order valence-corrected chi connectivity index (χ3v) is 4.52. The standard InChI is InChI=1S/C16H21N3S/c1-12-18-16(11-20-12)13-4-6-15(7-5-13)19-14-3-2-9-17-10-8-14/h4-7,11,14,17,19H,2-3,8-10H2,1H3. The van der Waals surface area contributed by atoms with Gasteiger partial charge in [0.2, 0.25) is 0 Å². The Hall–Kier alpha value is -1.39. The summed E-state index contributed by atoms with van der Waals surface area (Å²) < 4.78 is 0. The molecule has 106 valence electrons. The molecule has 0 bridgehead atoms. The number of rotatable bonds is 3. The summed E-state index contributed by atoms with van der Waals surface area (Å²) in [4.78, 5) is 4.53. The van der Waals surface area contributed by atoms with Crippen LogP contribution in [0.15, 0.2) is 29.6 Å². The summed E-state index contributed by atoms with van der Waals surface area (Å²) in [6.45, 7) is 4.32. The Morgan fingerprint density at radius 1 is 1.20 bits per heavy atom. The van der Waals surface area contributed by atoms with Gasteiger partial charge >= 0.3 is 0 Å². The number of anilines is 1. The smallest absolute Gasteiger partial charge is 0.0901 e. The van der Waals surface area contributed by atoms with Gasteiger partial charge in [-0.3, -0.25) is 0 Å². The van der Waals surface area contributed by atoms with Gasteiger partial charge in [-0.1, -0.05) is 12.1 Å². The third kappa shape index (κ3) is 3.38. The van der Waals surface area contributed by atoms with Crippen LogP contribution in [-0.4, -0.2) is 24.1 Å². The first-order chi connectivity index (χ1) is 9.81. The Morgan fingerprint density at radius 2 is 2.05 bits per heavy atom. The van der Waals surface area contributed by atoms with Gasteiger partial charge in [0.05, 0.1) is 10.7 Å². The van der Waals surface area contributed by atoms with E-state index in [1.165, 1.54) is 30.5 Å². The summed E-state index contributed by atoms with van der Waals surface area (Å²) in [6.07, 6.45) is 3.71. The van der Waals surface area contributed by atoms with Crippen molar-refractivity contribution < 1.29 is 0 Å². The van der Waals surface area contributed by atoms with Gasteiger partial charge in [0.25, 0.3) is 0 Å². The number of thiazole rings is 1. The van der Waals surface area contributed by atoms with Crippen LogP contribution in [0.5, 0.6) is 0 Å². The van der Waals surface area contributed by atoms with E-state index in [0.717, 1.165) is 23.8 Å². The van der Waals surface area contributed by atoms with Crippen LogP contribution in [0.4, 0.5) is 5.69 Å². The lowest BCUT2D eigenvalue weighted by Crippen LogP contribution is -2.21. The van der Waals surface area contributed by atoms with Crippen molar-refractivity contribution in [3.63, 3.8) is 0 Å². The van der Waals surface area contributed by atoms with Crippen LogP contribution < -0.4 is 10.6 Å². The highest BCUT2D eigenvalue weighted by molar-refractivity contribution is 7.09. The quantitative estimate of drug-likeness (QED) is 0.904. The number of nitrogens with zero attached hydrogens (tertiary/aromatic N) is 1. The van der Waals surface area contributed by atoms with E-state index in [1.54, 1.807) is 11.3 Å².